The fourth-order valence-corrected chi connectivity index (χ4v) is 2.66. The summed E-state index contributed by atoms with van der Waals surface area (Å²) in [5.41, 5.74) is 6.69. The lowest BCUT2D eigenvalue weighted by molar-refractivity contribution is 0.257. The number of rotatable bonds is 4. The molecule has 2 aromatic rings. The van der Waals surface area contributed by atoms with Crippen LogP contribution in [0.3, 0.4) is 0 Å². The van der Waals surface area contributed by atoms with Crippen LogP contribution in [0.15, 0.2) is 28.8 Å². The molecule has 0 amide bonds. The monoisotopic (exact) mass is 326 g/mol. The lowest BCUT2D eigenvalue weighted by Crippen LogP contribution is -2.29. The Balaban J connectivity index is 0.00000176. The van der Waals surface area contributed by atoms with Crippen molar-refractivity contribution in [1.82, 2.24) is 15.0 Å². The summed E-state index contributed by atoms with van der Waals surface area (Å²) in [6.07, 6.45) is 1.11. The van der Waals surface area contributed by atoms with Gasteiger partial charge in [0, 0.05) is 18.2 Å². The topological polar surface area (TPSA) is 68.2 Å². The van der Waals surface area contributed by atoms with Gasteiger partial charge in [0.2, 0.25) is 11.7 Å². The van der Waals surface area contributed by atoms with E-state index in [2.05, 4.69) is 15.0 Å². The molecule has 0 radical (unpaired) electrons. The van der Waals surface area contributed by atoms with E-state index >= 15 is 0 Å². The van der Waals surface area contributed by atoms with Crippen LogP contribution in [-0.2, 0) is 6.54 Å². The summed E-state index contributed by atoms with van der Waals surface area (Å²) in [7, 11) is 0. The minimum Gasteiger partial charge on any atom is -0.338 e. The first-order valence-corrected chi connectivity index (χ1v) is 7.18. The van der Waals surface area contributed by atoms with E-state index in [-0.39, 0.29) is 24.3 Å². The van der Waals surface area contributed by atoms with Gasteiger partial charge in [0.05, 0.1) is 6.54 Å². The quantitative estimate of drug-likeness (QED) is 0.934. The van der Waals surface area contributed by atoms with E-state index in [0.29, 0.717) is 24.2 Å². The summed E-state index contributed by atoms with van der Waals surface area (Å²) in [6.45, 7) is 4.65. The molecule has 7 heteroatoms. The molecule has 2 atom stereocenters. The van der Waals surface area contributed by atoms with Crippen LogP contribution < -0.4 is 5.73 Å². The molecule has 5 nitrogen and oxygen atoms in total. The summed E-state index contributed by atoms with van der Waals surface area (Å²) < 4.78 is 18.2. The first-order chi connectivity index (χ1) is 10.1. The molecule has 1 aromatic heterocycles. The third-order valence-corrected chi connectivity index (χ3v) is 3.98. The Morgan fingerprint density at radius 3 is 2.77 bits per heavy atom. The molecule has 1 aliphatic heterocycles. The van der Waals surface area contributed by atoms with Gasteiger partial charge in [0.15, 0.2) is 0 Å². The Labute approximate surface area is 135 Å². The Morgan fingerprint density at radius 1 is 1.41 bits per heavy atom. The van der Waals surface area contributed by atoms with Gasteiger partial charge in [-0.25, -0.2) is 4.39 Å². The van der Waals surface area contributed by atoms with Crippen LogP contribution in [0.4, 0.5) is 4.39 Å². The van der Waals surface area contributed by atoms with Crippen LogP contribution in [0.1, 0.15) is 19.2 Å². The Hall–Kier alpha value is -1.50. The zero-order valence-corrected chi connectivity index (χ0v) is 13.2. The third-order valence-electron chi connectivity index (χ3n) is 3.98. The standard InChI is InChI=1S/C15H19FN4O.ClH/c1-10(17)12-6-7-20(8-12)9-14-18-15(19-21-14)11-2-4-13(16)5-3-11;/h2-5,10,12H,6-9,17H2,1H3;1H. The van der Waals surface area contributed by atoms with Gasteiger partial charge in [0.1, 0.15) is 5.82 Å². The van der Waals surface area contributed by atoms with Crippen LogP contribution in [0, 0.1) is 11.7 Å². The molecule has 0 spiro atoms. The van der Waals surface area contributed by atoms with E-state index in [9.17, 15) is 4.39 Å². The second-order valence-electron chi connectivity index (χ2n) is 5.66. The van der Waals surface area contributed by atoms with E-state index < -0.39 is 0 Å². The average molecular weight is 327 g/mol. The summed E-state index contributed by atoms with van der Waals surface area (Å²) in [5.74, 6) is 1.33. The van der Waals surface area contributed by atoms with Crippen molar-refractivity contribution in [3.63, 3.8) is 0 Å². The maximum atomic E-state index is 12.9. The maximum absolute atomic E-state index is 12.9. The molecule has 0 aliphatic carbocycles. The zero-order valence-electron chi connectivity index (χ0n) is 12.4. The van der Waals surface area contributed by atoms with Crippen LogP contribution in [0.25, 0.3) is 11.4 Å². The van der Waals surface area contributed by atoms with Crippen molar-refractivity contribution in [2.75, 3.05) is 13.1 Å². The van der Waals surface area contributed by atoms with E-state index in [1.165, 1.54) is 12.1 Å². The molecule has 1 saturated heterocycles. The average Bonchev–Trinajstić information content (AvgIpc) is 3.10. The molecule has 2 heterocycles. The van der Waals surface area contributed by atoms with Crippen molar-refractivity contribution in [2.24, 2.45) is 11.7 Å². The van der Waals surface area contributed by atoms with E-state index in [1.54, 1.807) is 12.1 Å². The highest BCUT2D eigenvalue weighted by Gasteiger charge is 2.26. The van der Waals surface area contributed by atoms with Crippen LogP contribution >= 0.6 is 12.4 Å². The van der Waals surface area contributed by atoms with Crippen LogP contribution in [0.5, 0.6) is 0 Å². The van der Waals surface area contributed by atoms with Gasteiger partial charge in [0.25, 0.3) is 0 Å². The lowest BCUT2D eigenvalue weighted by atomic mass is 10.0. The highest BCUT2D eigenvalue weighted by Crippen LogP contribution is 2.21. The van der Waals surface area contributed by atoms with Crippen LogP contribution in [-0.4, -0.2) is 34.2 Å². The van der Waals surface area contributed by atoms with Gasteiger partial charge in [-0.15, -0.1) is 12.4 Å². The molecular weight excluding hydrogens is 307 g/mol. The SMILES string of the molecule is CC(N)C1CCN(Cc2nc(-c3ccc(F)cc3)no2)C1.Cl. The summed E-state index contributed by atoms with van der Waals surface area (Å²) >= 11 is 0. The van der Waals surface area contributed by atoms with Crippen molar-refractivity contribution in [3.8, 4) is 11.4 Å². The number of hydrogen-bond donors (Lipinski definition) is 1. The second-order valence-corrected chi connectivity index (χ2v) is 5.66. The fourth-order valence-electron chi connectivity index (χ4n) is 2.66. The highest BCUT2D eigenvalue weighted by molar-refractivity contribution is 5.85. The van der Waals surface area contributed by atoms with Gasteiger partial charge in [-0.3, -0.25) is 4.90 Å². The molecule has 120 valence electrons. The number of nitrogens with two attached hydrogens (primary N) is 1. The predicted molar refractivity (Wildman–Crippen MR) is 84.0 cm³/mol. The van der Waals surface area contributed by atoms with Crippen LogP contribution in [0.2, 0.25) is 0 Å². The number of likely N-dealkylation sites (tertiary alicyclic amines) is 1. The van der Waals surface area contributed by atoms with Gasteiger partial charge in [-0.05, 0) is 50.1 Å². The first-order valence-electron chi connectivity index (χ1n) is 7.18. The molecule has 0 bridgehead atoms. The Morgan fingerprint density at radius 2 is 2.14 bits per heavy atom. The highest BCUT2D eigenvalue weighted by atomic mass is 35.5. The minimum atomic E-state index is -0.276. The predicted octanol–water partition coefficient (Wildman–Crippen LogP) is 2.47. The molecule has 1 aromatic carbocycles. The summed E-state index contributed by atoms with van der Waals surface area (Å²) in [5, 5.41) is 3.95. The number of halogens is 2. The summed E-state index contributed by atoms with van der Waals surface area (Å²) in [4.78, 5) is 6.64. The van der Waals surface area contributed by atoms with Crippen molar-refractivity contribution in [1.29, 1.82) is 0 Å². The first kappa shape index (κ1) is 16.9. The van der Waals surface area contributed by atoms with Crippen molar-refractivity contribution < 1.29 is 8.91 Å². The molecule has 1 aliphatic rings. The number of benzene rings is 1. The number of hydrogen-bond acceptors (Lipinski definition) is 5. The number of aromatic nitrogens is 2. The zero-order chi connectivity index (χ0) is 14.8. The fraction of sp³-hybridized carbons (Fsp3) is 0.467. The number of nitrogens with zero attached hydrogens (tertiary/aromatic N) is 3. The molecule has 0 saturated carbocycles. The van der Waals surface area contributed by atoms with Crippen molar-refractivity contribution in [2.45, 2.75) is 25.9 Å². The Kier molecular flexibility index (Phi) is 5.50. The molecular formula is C15H20ClFN4O. The second kappa shape index (κ2) is 7.17. The van der Waals surface area contributed by atoms with E-state index in [0.717, 1.165) is 25.1 Å². The normalized spacial score (nSPS) is 19.9. The molecule has 2 unspecified atom stereocenters. The van der Waals surface area contributed by atoms with Gasteiger partial charge >= 0.3 is 0 Å². The van der Waals surface area contributed by atoms with Crippen molar-refractivity contribution in [3.05, 3.63) is 36.0 Å². The lowest BCUT2D eigenvalue weighted by Gasteiger charge is -2.15. The van der Waals surface area contributed by atoms with Gasteiger partial charge < -0.3 is 10.3 Å². The molecule has 3 rings (SSSR count). The third kappa shape index (κ3) is 3.82. The van der Waals surface area contributed by atoms with E-state index in [4.69, 9.17) is 10.3 Å². The summed E-state index contributed by atoms with van der Waals surface area (Å²) in [6, 6.07) is 6.28. The van der Waals surface area contributed by atoms with Gasteiger partial charge in [-0.1, -0.05) is 5.16 Å². The largest absolute Gasteiger partial charge is 0.338 e. The molecule has 22 heavy (non-hydrogen) atoms. The maximum Gasteiger partial charge on any atom is 0.241 e. The minimum absolute atomic E-state index is 0. The molecule has 2 N–H and O–H groups in total. The Bertz CT molecular complexity index is 602. The molecule has 1 fully saturated rings. The van der Waals surface area contributed by atoms with E-state index in [1.807, 2.05) is 6.92 Å². The van der Waals surface area contributed by atoms with Crippen molar-refractivity contribution >= 4 is 12.4 Å². The van der Waals surface area contributed by atoms with Gasteiger partial charge in [-0.2, -0.15) is 4.98 Å². The smallest absolute Gasteiger partial charge is 0.241 e.